The number of rotatable bonds is 3. The molecule has 14 heavy (non-hydrogen) atoms. The molecule has 1 N–H and O–H groups in total. The van der Waals surface area contributed by atoms with Gasteiger partial charge in [-0.1, -0.05) is 20.8 Å². The highest BCUT2D eigenvalue weighted by atomic mass is 19.1. The van der Waals surface area contributed by atoms with E-state index in [0.29, 0.717) is 11.5 Å². The van der Waals surface area contributed by atoms with E-state index >= 15 is 0 Å². The molecule has 0 fully saturated rings. The Labute approximate surface area is 83.8 Å². The molecule has 2 atom stereocenters. The van der Waals surface area contributed by atoms with Crippen molar-refractivity contribution in [2.24, 2.45) is 11.8 Å². The molecular weight excluding hydrogens is 181 g/mol. The molecule has 0 aliphatic heterocycles. The van der Waals surface area contributed by atoms with Crippen molar-refractivity contribution >= 4 is 0 Å². The van der Waals surface area contributed by atoms with Gasteiger partial charge in [0.1, 0.15) is 5.82 Å². The average molecular weight is 197 g/mol. The van der Waals surface area contributed by atoms with Gasteiger partial charge in [-0.15, -0.1) is 0 Å². The summed E-state index contributed by atoms with van der Waals surface area (Å²) in [6.07, 6.45) is 1.87. The normalized spacial score (nSPS) is 15.6. The van der Waals surface area contributed by atoms with Gasteiger partial charge in [0.25, 0.3) is 0 Å². The second-order valence-corrected chi connectivity index (χ2v) is 3.95. The number of aromatic nitrogens is 1. The smallest absolute Gasteiger partial charge is 0.147 e. The van der Waals surface area contributed by atoms with Gasteiger partial charge in [0, 0.05) is 11.8 Å². The highest BCUT2D eigenvalue weighted by Crippen LogP contribution is 2.28. The number of aliphatic hydroxyl groups excluding tert-OH is 1. The molecule has 3 heteroatoms. The fraction of sp³-hybridized carbons (Fsp3) is 0.545. The van der Waals surface area contributed by atoms with E-state index in [1.807, 2.05) is 20.8 Å². The fourth-order valence-electron chi connectivity index (χ4n) is 1.27. The van der Waals surface area contributed by atoms with E-state index in [4.69, 9.17) is 0 Å². The highest BCUT2D eigenvalue weighted by Gasteiger charge is 2.21. The van der Waals surface area contributed by atoms with Gasteiger partial charge >= 0.3 is 0 Å². The molecular formula is C11H16FNO. The van der Waals surface area contributed by atoms with Crippen LogP contribution in [0.4, 0.5) is 4.39 Å². The van der Waals surface area contributed by atoms with Crippen molar-refractivity contribution < 1.29 is 9.50 Å². The van der Waals surface area contributed by atoms with Crippen LogP contribution in [-0.2, 0) is 0 Å². The Kier molecular flexibility index (Phi) is 3.58. The maximum atomic E-state index is 13.2. The Balaban J connectivity index is 2.89. The van der Waals surface area contributed by atoms with Crippen LogP contribution in [0.15, 0.2) is 18.5 Å². The van der Waals surface area contributed by atoms with Gasteiger partial charge in [-0.2, -0.15) is 0 Å². The van der Waals surface area contributed by atoms with Gasteiger partial charge in [0.05, 0.1) is 12.3 Å². The molecule has 1 aromatic rings. The number of halogens is 1. The molecule has 0 spiro atoms. The molecule has 1 heterocycles. The van der Waals surface area contributed by atoms with E-state index in [1.54, 1.807) is 0 Å². The summed E-state index contributed by atoms with van der Waals surface area (Å²) in [6, 6.07) is 1.53. The Bertz CT molecular complexity index is 301. The van der Waals surface area contributed by atoms with Gasteiger partial charge in [0.15, 0.2) is 0 Å². The number of aliphatic hydroxyl groups is 1. The van der Waals surface area contributed by atoms with E-state index < -0.39 is 11.9 Å². The molecule has 78 valence electrons. The maximum Gasteiger partial charge on any atom is 0.147 e. The van der Waals surface area contributed by atoms with E-state index in [-0.39, 0.29) is 5.92 Å². The molecule has 0 saturated carbocycles. The number of hydrogen-bond acceptors (Lipinski definition) is 2. The highest BCUT2D eigenvalue weighted by molar-refractivity contribution is 5.16. The Morgan fingerprint density at radius 3 is 2.50 bits per heavy atom. The predicted octanol–water partition coefficient (Wildman–Crippen LogP) is 2.55. The van der Waals surface area contributed by atoms with Crippen molar-refractivity contribution in [3.63, 3.8) is 0 Å². The van der Waals surface area contributed by atoms with Crippen LogP contribution in [-0.4, -0.2) is 10.1 Å². The van der Waals surface area contributed by atoms with Crippen LogP contribution in [0.25, 0.3) is 0 Å². The molecule has 2 unspecified atom stereocenters. The van der Waals surface area contributed by atoms with Crippen molar-refractivity contribution in [3.05, 3.63) is 29.8 Å². The van der Waals surface area contributed by atoms with Crippen LogP contribution in [0.2, 0.25) is 0 Å². The first-order valence-electron chi connectivity index (χ1n) is 4.81. The first kappa shape index (κ1) is 11.1. The zero-order valence-electron chi connectivity index (χ0n) is 8.74. The number of hydrogen-bond donors (Lipinski definition) is 1. The third-order valence-corrected chi connectivity index (χ3v) is 2.67. The van der Waals surface area contributed by atoms with Crippen molar-refractivity contribution in [2.45, 2.75) is 26.9 Å². The molecule has 0 bridgehead atoms. The van der Waals surface area contributed by atoms with Gasteiger partial charge in [-0.25, -0.2) is 4.39 Å². The summed E-state index contributed by atoms with van der Waals surface area (Å²) in [5.74, 6) is -0.0861. The second-order valence-electron chi connectivity index (χ2n) is 3.95. The molecule has 0 saturated heterocycles. The van der Waals surface area contributed by atoms with Crippen molar-refractivity contribution in [1.29, 1.82) is 0 Å². The molecule has 0 radical (unpaired) electrons. The molecule has 0 aliphatic rings. The lowest BCUT2D eigenvalue weighted by atomic mass is 9.88. The fourth-order valence-corrected chi connectivity index (χ4v) is 1.27. The Hall–Kier alpha value is -0.960. The lowest BCUT2D eigenvalue weighted by Crippen LogP contribution is -2.16. The van der Waals surface area contributed by atoms with Crippen LogP contribution >= 0.6 is 0 Å². The van der Waals surface area contributed by atoms with Crippen molar-refractivity contribution in [2.75, 3.05) is 0 Å². The van der Waals surface area contributed by atoms with Crippen molar-refractivity contribution in [3.8, 4) is 0 Å². The topological polar surface area (TPSA) is 33.1 Å². The van der Waals surface area contributed by atoms with Gasteiger partial charge in [-0.05, 0) is 17.9 Å². The van der Waals surface area contributed by atoms with Crippen LogP contribution in [0.5, 0.6) is 0 Å². The molecule has 1 aromatic heterocycles. The Morgan fingerprint density at radius 1 is 1.36 bits per heavy atom. The molecule has 1 rings (SSSR count). The summed E-state index contributed by atoms with van der Waals surface area (Å²) in [7, 11) is 0. The minimum Gasteiger partial charge on any atom is -0.388 e. The molecule has 0 aliphatic carbocycles. The lowest BCUT2D eigenvalue weighted by Gasteiger charge is -2.22. The van der Waals surface area contributed by atoms with E-state index in [0.717, 1.165) is 6.20 Å². The summed E-state index contributed by atoms with van der Waals surface area (Å²) in [4.78, 5) is 3.65. The maximum absolute atomic E-state index is 13.2. The standard InChI is InChI=1S/C11H16FNO/c1-7(2)8(3)11(14)9-4-5-13-6-10(9)12/h4-8,11,14H,1-3H3. The Morgan fingerprint density at radius 2 is 2.00 bits per heavy atom. The van der Waals surface area contributed by atoms with Crippen LogP contribution in [0.3, 0.4) is 0 Å². The third-order valence-electron chi connectivity index (χ3n) is 2.67. The first-order valence-corrected chi connectivity index (χ1v) is 4.81. The van der Waals surface area contributed by atoms with Gasteiger partial charge in [-0.3, -0.25) is 4.98 Å². The van der Waals surface area contributed by atoms with Gasteiger partial charge < -0.3 is 5.11 Å². The minimum atomic E-state index is -0.752. The predicted molar refractivity (Wildman–Crippen MR) is 53.2 cm³/mol. The van der Waals surface area contributed by atoms with Crippen molar-refractivity contribution in [1.82, 2.24) is 4.98 Å². The summed E-state index contributed by atoms with van der Waals surface area (Å²) < 4.78 is 13.2. The molecule has 0 amide bonds. The second kappa shape index (κ2) is 4.51. The quantitative estimate of drug-likeness (QED) is 0.807. The monoisotopic (exact) mass is 197 g/mol. The summed E-state index contributed by atoms with van der Waals surface area (Å²) in [6.45, 7) is 5.93. The van der Waals surface area contributed by atoms with E-state index in [2.05, 4.69) is 4.98 Å². The molecule has 2 nitrogen and oxygen atoms in total. The summed E-state index contributed by atoms with van der Waals surface area (Å²) in [5, 5.41) is 9.87. The zero-order valence-corrected chi connectivity index (χ0v) is 8.74. The van der Waals surface area contributed by atoms with Crippen LogP contribution in [0.1, 0.15) is 32.4 Å². The van der Waals surface area contributed by atoms with Crippen LogP contribution in [0, 0.1) is 17.7 Å². The third kappa shape index (κ3) is 2.29. The van der Waals surface area contributed by atoms with E-state index in [1.165, 1.54) is 12.3 Å². The van der Waals surface area contributed by atoms with Gasteiger partial charge in [0.2, 0.25) is 0 Å². The number of nitrogens with zero attached hydrogens (tertiary/aromatic N) is 1. The zero-order chi connectivity index (χ0) is 10.7. The summed E-state index contributed by atoms with van der Waals surface area (Å²) in [5.41, 5.74) is 0.334. The minimum absolute atomic E-state index is 0.0342. The molecule has 0 aromatic carbocycles. The first-order chi connectivity index (χ1) is 6.54. The van der Waals surface area contributed by atoms with E-state index in [9.17, 15) is 9.50 Å². The largest absolute Gasteiger partial charge is 0.388 e. The number of pyridine rings is 1. The van der Waals surface area contributed by atoms with Crippen LogP contribution < -0.4 is 0 Å². The average Bonchev–Trinajstić information content (AvgIpc) is 2.16. The summed E-state index contributed by atoms with van der Waals surface area (Å²) >= 11 is 0. The SMILES string of the molecule is CC(C)C(C)C(O)c1ccncc1F. The lowest BCUT2D eigenvalue weighted by molar-refractivity contribution is 0.0886.